The van der Waals surface area contributed by atoms with Crippen molar-refractivity contribution in [1.29, 1.82) is 0 Å². The summed E-state index contributed by atoms with van der Waals surface area (Å²) in [5.41, 5.74) is 0. The number of rotatable bonds is 2. The topological polar surface area (TPSA) is 114 Å². The molecular formula is C9H14NiO6. The van der Waals surface area contributed by atoms with Gasteiger partial charge in [-0.05, 0) is 27.7 Å². The first-order chi connectivity index (χ1) is 6.59. The van der Waals surface area contributed by atoms with E-state index in [1.165, 1.54) is 13.8 Å². The Morgan fingerprint density at radius 3 is 0.875 bits per heavy atom. The van der Waals surface area contributed by atoms with Crippen LogP contribution in [0, 0.1) is 0 Å². The van der Waals surface area contributed by atoms with Crippen molar-refractivity contribution in [3.05, 3.63) is 0 Å². The number of carboxylic acids is 2. The second-order valence-electron chi connectivity index (χ2n) is 2.56. The largest absolute Gasteiger partial charge is 2.00 e. The predicted molar refractivity (Wildman–Crippen MR) is 47.3 cm³/mol. The zero-order valence-electron chi connectivity index (χ0n) is 9.47. The Morgan fingerprint density at radius 1 is 0.750 bits per heavy atom. The van der Waals surface area contributed by atoms with Crippen LogP contribution < -0.4 is 10.2 Å². The Balaban J connectivity index is -0.0000000700. The summed E-state index contributed by atoms with van der Waals surface area (Å²) in [4.78, 5) is 37.8. The summed E-state index contributed by atoms with van der Waals surface area (Å²) in [7, 11) is 0. The van der Waals surface area contributed by atoms with Crippen LogP contribution in [0.5, 0.6) is 0 Å². The maximum atomic E-state index is 10.0. The summed E-state index contributed by atoms with van der Waals surface area (Å²) in [5, 5.41) is 17.8. The second-order valence-corrected chi connectivity index (χ2v) is 2.56. The summed E-state index contributed by atoms with van der Waals surface area (Å²) in [6.45, 7) is 4.75. The van der Waals surface area contributed by atoms with Gasteiger partial charge in [-0.1, -0.05) is 0 Å². The minimum absolute atomic E-state index is 0. The van der Waals surface area contributed by atoms with E-state index < -0.39 is 11.9 Å². The standard InChI is InChI=1S/C5H8O2.2C2H4O2.Ni/c1-4(6)3-5(2)7;2*1-2(3)4;/h3H2,1-2H3;2*1H3,(H,3,4);/q;;;+2/p-2. The van der Waals surface area contributed by atoms with Gasteiger partial charge in [0, 0.05) is 11.9 Å². The molecule has 0 spiro atoms. The molecule has 0 radical (unpaired) electrons. The maximum Gasteiger partial charge on any atom is 2.00 e. The molecule has 0 saturated heterocycles. The maximum absolute atomic E-state index is 10.0. The summed E-state index contributed by atoms with van der Waals surface area (Å²) in [5.74, 6) is -2.29. The van der Waals surface area contributed by atoms with E-state index in [1.807, 2.05) is 0 Å². The molecule has 96 valence electrons. The van der Waals surface area contributed by atoms with Crippen LogP contribution >= 0.6 is 0 Å². The van der Waals surface area contributed by atoms with Gasteiger partial charge in [0.15, 0.2) is 0 Å². The summed E-state index contributed by atoms with van der Waals surface area (Å²) < 4.78 is 0. The van der Waals surface area contributed by atoms with E-state index >= 15 is 0 Å². The summed E-state index contributed by atoms with van der Waals surface area (Å²) in [6, 6.07) is 0. The van der Waals surface area contributed by atoms with Gasteiger partial charge in [0.2, 0.25) is 0 Å². The molecule has 6 nitrogen and oxygen atoms in total. The van der Waals surface area contributed by atoms with Gasteiger partial charge in [-0.25, -0.2) is 0 Å². The molecule has 0 aliphatic carbocycles. The van der Waals surface area contributed by atoms with Crippen LogP contribution in [0.1, 0.15) is 34.1 Å². The summed E-state index contributed by atoms with van der Waals surface area (Å²) in [6.07, 6.45) is 0.0833. The molecule has 0 aromatic rings. The average molecular weight is 277 g/mol. The molecule has 0 bridgehead atoms. The zero-order chi connectivity index (χ0) is 13.0. The molecule has 7 heteroatoms. The Hall–Kier alpha value is -1.23. The van der Waals surface area contributed by atoms with Crippen molar-refractivity contribution < 1.29 is 45.9 Å². The SMILES string of the molecule is CC(=O)CC(C)=O.CC(=O)[O-].CC(=O)[O-].[Ni+2]. The molecule has 0 rings (SSSR count). The van der Waals surface area contributed by atoms with Gasteiger partial charge < -0.3 is 19.8 Å². The van der Waals surface area contributed by atoms with Crippen molar-refractivity contribution in [2.45, 2.75) is 34.1 Å². The molecule has 0 unspecified atom stereocenters. The average Bonchev–Trinajstić information content (AvgIpc) is 1.78. The quantitative estimate of drug-likeness (QED) is 0.428. The molecule has 0 aliphatic heterocycles. The van der Waals surface area contributed by atoms with Crippen molar-refractivity contribution in [3.63, 3.8) is 0 Å². The molecule has 0 fully saturated rings. The van der Waals surface area contributed by atoms with Crippen LogP contribution in [0.3, 0.4) is 0 Å². The molecule has 16 heavy (non-hydrogen) atoms. The van der Waals surface area contributed by atoms with E-state index in [1.54, 1.807) is 0 Å². The van der Waals surface area contributed by atoms with Crippen LogP contribution in [0.4, 0.5) is 0 Å². The van der Waals surface area contributed by atoms with Gasteiger partial charge in [-0.3, -0.25) is 9.59 Å². The van der Waals surface area contributed by atoms with Crippen LogP contribution in [-0.2, 0) is 35.7 Å². The van der Waals surface area contributed by atoms with E-state index in [0.717, 1.165) is 13.8 Å². The van der Waals surface area contributed by atoms with Gasteiger partial charge in [0.1, 0.15) is 11.6 Å². The van der Waals surface area contributed by atoms with Crippen molar-refractivity contribution in [3.8, 4) is 0 Å². The fraction of sp³-hybridized carbons (Fsp3) is 0.556. The molecule has 0 aromatic heterocycles. The molecule has 0 atom stereocenters. The van der Waals surface area contributed by atoms with Gasteiger partial charge in [-0.15, -0.1) is 0 Å². The van der Waals surface area contributed by atoms with Gasteiger partial charge >= 0.3 is 16.5 Å². The normalized spacial score (nSPS) is 6.75. The second kappa shape index (κ2) is 16.2. The first-order valence-corrected chi connectivity index (χ1v) is 3.93. The van der Waals surface area contributed by atoms with Gasteiger partial charge in [-0.2, -0.15) is 0 Å². The number of hydrogen-bond acceptors (Lipinski definition) is 6. The van der Waals surface area contributed by atoms with Crippen LogP contribution in [0.2, 0.25) is 0 Å². The number of hydrogen-bond donors (Lipinski definition) is 0. The third-order valence-electron chi connectivity index (χ3n) is 0.498. The van der Waals surface area contributed by atoms with E-state index in [0.29, 0.717) is 0 Å². The fourth-order valence-electron chi connectivity index (χ4n) is 0.351. The zero-order valence-corrected chi connectivity index (χ0v) is 10.5. The fourth-order valence-corrected chi connectivity index (χ4v) is 0.351. The first-order valence-electron chi connectivity index (χ1n) is 3.93. The van der Waals surface area contributed by atoms with Crippen molar-refractivity contribution in [2.24, 2.45) is 0 Å². The van der Waals surface area contributed by atoms with E-state index in [2.05, 4.69) is 0 Å². The Bertz CT molecular complexity index is 204. The van der Waals surface area contributed by atoms with E-state index in [9.17, 15) is 9.59 Å². The number of ketones is 2. The Morgan fingerprint density at radius 2 is 0.875 bits per heavy atom. The third-order valence-corrected chi connectivity index (χ3v) is 0.498. The van der Waals surface area contributed by atoms with Crippen LogP contribution in [-0.4, -0.2) is 23.5 Å². The number of carboxylic acid groups (broad SMARTS) is 2. The monoisotopic (exact) mass is 276 g/mol. The number of Topliss-reactive ketones (excluding diaryl/α,β-unsaturated/α-hetero) is 2. The Labute approximate surface area is 104 Å². The van der Waals surface area contributed by atoms with Gasteiger partial charge in [0.25, 0.3) is 0 Å². The number of carbonyl (C=O) groups excluding carboxylic acids is 4. The molecule has 0 aromatic carbocycles. The van der Waals surface area contributed by atoms with Crippen molar-refractivity contribution in [1.82, 2.24) is 0 Å². The molecule has 0 amide bonds. The molecule has 0 saturated carbocycles. The predicted octanol–water partition coefficient (Wildman–Crippen LogP) is -1.94. The Kier molecular flexibility index (Phi) is 24.5. The minimum Gasteiger partial charge on any atom is -0.550 e. The van der Waals surface area contributed by atoms with Crippen molar-refractivity contribution >= 4 is 23.5 Å². The smallest absolute Gasteiger partial charge is 0.550 e. The molecule has 0 heterocycles. The minimum atomic E-state index is -1.08. The van der Waals surface area contributed by atoms with E-state index in [4.69, 9.17) is 19.8 Å². The molecule has 0 aliphatic rings. The van der Waals surface area contributed by atoms with Crippen molar-refractivity contribution in [2.75, 3.05) is 0 Å². The first kappa shape index (κ1) is 24.1. The third kappa shape index (κ3) is 230. The van der Waals surface area contributed by atoms with Crippen LogP contribution in [0.15, 0.2) is 0 Å². The van der Waals surface area contributed by atoms with Gasteiger partial charge in [0.05, 0.1) is 6.42 Å². The number of carbonyl (C=O) groups is 4. The number of aliphatic carboxylic acids is 2. The van der Waals surface area contributed by atoms with E-state index in [-0.39, 0.29) is 34.5 Å². The molecular weight excluding hydrogens is 263 g/mol. The summed E-state index contributed by atoms with van der Waals surface area (Å²) >= 11 is 0. The van der Waals surface area contributed by atoms with Crippen LogP contribution in [0.25, 0.3) is 0 Å². The molecule has 0 N–H and O–H groups in total.